The molecule has 0 fully saturated rings. The zero-order valence-electron chi connectivity index (χ0n) is 5.93. The molecule has 0 aliphatic carbocycles. The van der Waals surface area contributed by atoms with Crippen LogP contribution >= 0.6 is 26.6 Å². The third-order valence-corrected chi connectivity index (χ3v) is 0.707. The third kappa shape index (κ3) is 22.7. The van der Waals surface area contributed by atoms with E-state index in [1.165, 1.54) is 0 Å². The van der Waals surface area contributed by atoms with Crippen LogP contribution in [-0.2, 0) is 14.5 Å². The van der Waals surface area contributed by atoms with Crippen molar-refractivity contribution in [3.63, 3.8) is 0 Å². The molecule has 0 saturated carbocycles. The third-order valence-electron chi connectivity index (χ3n) is 0.707. The fourth-order valence-electron chi connectivity index (χ4n) is 0.530. The maximum atomic E-state index is 6.99. The van der Waals surface area contributed by atoms with E-state index in [2.05, 4.69) is 26.6 Å². The van der Waals surface area contributed by atoms with E-state index >= 15 is 0 Å². The first-order valence-electron chi connectivity index (χ1n) is 2.79. The zero-order valence-corrected chi connectivity index (χ0v) is 11.4. The van der Waals surface area contributed by atoms with Gasteiger partial charge in [0.05, 0.1) is 0 Å². The first kappa shape index (κ1) is 14.1. The topological polar surface area (TPSA) is 47.6 Å². The van der Waals surface area contributed by atoms with Crippen LogP contribution in [0.1, 0.15) is 20.3 Å². The predicted octanol–water partition coefficient (Wildman–Crippen LogP) is 3.95. The Labute approximate surface area is 84.3 Å². The van der Waals surface area contributed by atoms with Gasteiger partial charge >= 0.3 is 41.0 Å². The zero-order chi connectivity index (χ0) is 8.57. The van der Waals surface area contributed by atoms with Crippen molar-refractivity contribution in [3.8, 4) is 0 Å². The molecular weight excluding hydrogens is 443 g/mol. The van der Waals surface area contributed by atoms with E-state index in [0.717, 1.165) is 0 Å². The summed E-state index contributed by atoms with van der Waals surface area (Å²) in [5, 5.41) is 0. The molecule has 0 aliphatic heterocycles. The normalized spacial score (nSPS) is 15.4. The summed E-state index contributed by atoms with van der Waals surface area (Å²) in [5.41, 5.74) is 14.0. The molecule has 2 unspecified atom stereocenters. The summed E-state index contributed by atoms with van der Waals surface area (Å²) in [6, 6.07) is -0.125. The molecule has 2 atom stereocenters. The Bertz CT molecular complexity index is 55.6. The van der Waals surface area contributed by atoms with Gasteiger partial charge in [0.2, 0.25) is 0 Å². The van der Waals surface area contributed by atoms with Gasteiger partial charge in [0.25, 0.3) is 0 Å². The first-order chi connectivity index (χ1) is 4.54. The summed E-state index contributed by atoms with van der Waals surface area (Å²) in [4.78, 5) is 0. The maximum absolute atomic E-state index is 6.99. The molecule has 2 nitrogen and oxygen atoms in total. The standard InChI is InChI=1S/C5H12N2.2BrH.Pt/c1-4(6)3-5(2)7;;;/h4-7H,3H2,1-2H3;2*1H;/q-2;;;+4/p-2. The molecule has 0 saturated heterocycles. The molecule has 0 spiro atoms. The molecule has 2 N–H and O–H groups in total. The van der Waals surface area contributed by atoms with E-state index in [9.17, 15) is 0 Å². The van der Waals surface area contributed by atoms with Crippen LogP contribution in [0.25, 0.3) is 11.5 Å². The van der Waals surface area contributed by atoms with Gasteiger partial charge in [0.1, 0.15) is 0 Å². The van der Waals surface area contributed by atoms with Gasteiger partial charge in [0.15, 0.2) is 0 Å². The van der Waals surface area contributed by atoms with Gasteiger partial charge in [-0.05, 0) is 0 Å². The molecule has 0 aromatic carbocycles. The molecule has 0 amide bonds. The number of rotatable bonds is 2. The van der Waals surface area contributed by atoms with Crippen molar-refractivity contribution in [2.24, 2.45) is 0 Å². The molecule has 10 heavy (non-hydrogen) atoms. The summed E-state index contributed by atoms with van der Waals surface area (Å²) in [5.74, 6) is 0. The van der Waals surface area contributed by atoms with E-state index in [1.54, 1.807) is 0 Å². The van der Waals surface area contributed by atoms with Crippen LogP contribution in [0.15, 0.2) is 0 Å². The number of hydrogen-bond donors (Lipinski definition) is 0. The Morgan fingerprint density at radius 2 is 1.40 bits per heavy atom. The Kier molecular flexibility index (Phi) is 14.9. The quantitative estimate of drug-likeness (QED) is 0.606. The van der Waals surface area contributed by atoms with Crippen molar-refractivity contribution in [3.05, 3.63) is 11.5 Å². The average Bonchev–Trinajstić information content (AvgIpc) is 1.62. The van der Waals surface area contributed by atoms with Gasteiger partial charge in [0, 0.05) is 0 Å². The molecule has 5 heteroatoms. The van der Waals surface area contributed by atoms with Crippen molar-refractivity contribution in [2.75, 3.05) is 0 Å². The van der Waals surface area contributed by atoms with Gasteiger partial charge in [-0.1, -0.05) is 20.3 Å². The van der Waals surface area contributed by atoms with Crippen LogP contribution in [0, 0.1) is 0 Å². The minimum absolute atomic E-state index is 0.0625. The van der Waals surface area contributed by atoms with Crippen molar-refractivity contribution in [2.45, 2.75) is 32.4 Å². The number of halogens is 2. The van der Waals surface area contributed by atoms with E-state index < -0.39 is 0 Å². The minimum atomic E-state index is -0.0625. The van der Waals surface area contributed by atoms with Crippen LogP contribution < -0.4 is 0 Å². The Balaban J connectivity index is 0. The van der Waals surface area contributed by atoms with Crippen LogP contribution in [0.2, 0.25) is 0 Å². The monoisotopic (exact) mass is 453 g/mol. The second kappa shape index (κ2) is 10.6. The number of nitrogens with one attached hydrogen (secondary N) is 2. The molecule has 0 bridgehead atoms. The van der Waals surface area contributed by atoms with Crippen molar-refractivity contribution in [1.29, 1.82) is 0 Å². The summed E-state index contributed by atoms with van der Waals surface area (Å²) in [6.07, 6.45) is 0.694. The van der Waals surface area contributed by atoms with Gasteiger partial charge in [-0.15, -0.1) is 12.1 Å². The number of hydrogen-bond acceptors (Lipinski definition) is 0. The van der Waals surface area contributed by atoms with Crippen LogP contribution in [0.4, 0.5) is 0 Å². The molecule has 0 rings (SSSR count). The molecular formula is C5H12Br2N2Pt. The van der Waals surface area contributed by atoms with E-state index in [0.29, 0.717) is 6.42 Å². The fourth-order valence-corrected chi connectivity index (χ4v) is 0.530. The Hall–Kier alpha value is 1.57. The predicted molar refractivity (Wildman–Crippen MR) is 50.0 cm³/mol. The molecule has 0 aromatic rings. The van der Waals surface area contributed by atoms with Crippen molar-refractivity contribution in [1.82, 2.24) is 0 Å². The summed E-state index contributed by atoms with van der Waals surface area (Å²) >= 11 is 6.56. The average molecular weight is 455 g/mol. The second-order valence-corrected chi connectivity index (χ2v) is 12.0. The van der Waals surface area contributed by atoms with Crippen LogP contribution in [-0.4, -0.2) is 12.1 Å². The molecule has 0 radical (unpaired) electrons. The Morgan fingerprint density at radius 1 is 1.20 bits per heavy atom. The van der Waals surface area contributed by atoms with Gasteiger partial charge in [-0.3, -0.25) is 0 Å². The van der Waals surface area contributed by atoms with Gasteiger partial charge < -0.3 is 11.5 Å². The van der Waals surface area contributed by atoms with Gasteiger partial charge in [-0.2, -0.15) is 0 Å². The summed E-state index contributed by atoms with van der Waals surface area (Å²) < 4.78 is 0. The molecule has 0 aliphatic rings. The molecule has 0 aromatic heterocycles. The van der Waals surface area contributed by atoms with Crippen LogP contribution in [0.5, 0.6) is 0 Å². The van der Waals surface area contributed by atoms with Crippen molar-refractivity contribution < 1.29 is 14.5 Å². The van der Waals surface area contributed by atoms with E-state index in [-0.39, 0.29) is 26.5 Å². The Morgan fingerprint density at radius 3 is 1.40 bits per heavy atom. The molecule has 0 heterocycles. The fraction of sp³-hybridized carbons (Fsp3) is 1.00. The first-order valence-corrected chi connectivity index (χ1v) is 12.7. The molecule has 66 valence electrons. The van der Waals surface area contributed by atoms with Gasteiger partial charge in [-0.25, -0.2) is 0 Å². The van der Waals surface area contributed by atoms with Crippen LogP contribution in [0.3, 0.4) is 0 Å². The summed E-state index contributed by atoms with van der Waals surface area (Å²) in [7, 11) is 0. The van der Waals surface area contributed by atoms with E-state index in [1.807, 2.05) is 13.8 Å². The SMILES string of the molecule is CC([NH-])CC(C)[NH-].[Br][Pt+2][Br]. The van der Waals surface area contributed by atoms with E-state index in [4.69, 9.17) is 11.5 Å². The second-order valence-electron chi connectivity index (χ2n) is 2.08. The van der Waals surface area contributed by atoms with Crippen molar-refractivity contribution >= 4 is 26.6 Å². The summed E-state index contributed by atoms with van der Waals surface area (Å²) in [6.45, 7) is 3.62.